The predicted molar refractivity (Wildman–Crippen MR) is 61.8 cm³/mol. The van der Waals surface area contributed by atoms with E-state index in [9.17, 15) is 4.79 Å². The van der Waals surface area contributed by atoms with Gasteiger partial charge in [0.25, 0.3) is 0 Å². The molecular weight excluding hydrogens is 200 g/mol. The van der Waals surface area contributed by atoms with Crippen LogP contribution in [0.4, 0.5) is 0 Å². The van der Waals surface area contributed by atoms with Gasteiger partial charge in [0, 0.05) is 17.4 Å². The van der Waals surface area contributed by atoms with Gasteiger partial charge in [-0.05, 0) is 30.6 Å². The molecule has 1 heterocycles. The van der Waals surface area contributed by atoms with Crippen molar-refractivity contribution in [1.29, 1.82) is 0 Å². The summed E-state index contributed by atoms with van der Waals surface area (Å²) in [5, 5.41) is 0. The molecule has 0 aromatic carbocycles. The number of rotatable bonds is 0. The molecule has 2 nitrogen and oxygen atoms in total. The van der Waals surface area contributed by atoms with Gasteiger partial charge in [0.05, 0.1) is 0 Å². The van der Waals surface area contributed by atoms with E-state index in [1.807, 2.05) is 0 Å². The average molecular weight is 220 g/mol. The lowest BCUT2D eigenvalue weighted by molar-refractivity contribution is -0.161. The Labute approximate surface area is 97.1 Å². The van der Waals surface area contributed by atoms with Crippen molar-refractivity contribution in [2.75, 3.05) is 0 Å². The first-order valence-corrected chi connectivity index (χ1v) is 6.24. The molecule has 0 aromatic heterocycles. The van der Waals surface area contributed by atoms with Crippen LogP contribution in [-0.4, -0.2) is 11.6 Å². The third kappa shape index (κ3) is 0.847. The van der Waals surface area contributed by atoms with E-state index in [0.29, 0.717) is 11.5 Å². The summed E-state index contributed by atoms with van der Waals surface area (Å²) in [6.45, 7) is 10.8. The Morgan fingerprint density at radius 1 is 1.38 bits per heavy atom. The normalized spacial score (nSPS) is 49.1. The maximum Gasteiger partial charge on any atom is 0.334 e. The Kier molecular flexibility index (Phi) is 1.65. The molecule has 1 spiro atoms. The van der Waals surface area contributed by atoms with Crippen LogP contribution >= 0.6 is 0 Å². The third-order valence-corrected chi connectivity index (χ3v) is 6.09. The summed E-state index contributed by atoms with van der Waals surface area (Å²) < 4.78 is 5.76. The highest BCUT2D eigenvalue weighted by molar-refractivity contribution is 5.90. The molecule has 2 bridgehead atoms. The second kappa shape index (κ2) is 2.55. The van der Waals surface area contributed by atoms with Crippen LogP contribution in [-0.2, 0) is 9.53 Å². The molecule has 2 aliphatic carbocycles. The number of hydrogen-bond donors (Lipinski definition) is 0. The summed E-state index contributed by atoms with van der Waals surface area (Å²) in [7, 11) is 0. The standard InChI is InChI=1S/C14H20O2/c1-9-7-14(16-11(9)15)8-10-5-6-13(14,4)12(10,2)3/h10H,1,5-8H2,2-4H3/t10-,13-,14-/m0/s1. The van der Waals surface area contributed by atoms with E-state index >= 15 is 0 Å². The van der Waals surface area contributed by atoms with Crippen molar-refractivity contribution in [1.82, 2.24) is 0 Å². The van der Waals surface area contributed by atoms with Crippen LogP contribution in [0.2, 0.25) is 0 Å². The first-order chi connectivity index (χ1) is 7.32. The van der Waals surface area contributed by atoms with E-state index in [0.717, 1.165) is 12.8 Å². The van der Waals surface area contributed by atoms with Crippen LogP contribution in [0.15, 0.2) is 12.2 Å². The summed E-state index contributed by atoms with van der Waals surface area (Å²) in [6.07, 6.45) is 4.27. The molecule has 88 valence electrons. The van der Waals surface area contributed by atoms with Gasteiger partial charge < -0.3 is 4.74 Å². The average Bonchev–Trinajstić information content (AvgIpc) is 2.63. The highest BCUT2D eigenvalue weighted by Gasteiger charge is 2.72. The van der Waals surface area contributed by atoms with E-state index in [1.165, 1.54) is 12.8 Å². The summed E-state index contributed by atoms with van der Waals surface area (Å²) in [5.41, 5.74) is 0.871. The van der Waals surface area contributed by atoms with Gasteiger partial charge in [-0.15, -0.1) is 0 Å². The zero-order valence-corrected chi connectivity index (χ0v) is 10.4. The first kappa shape index (κ1) is 10.4. The summed E-state index contributed by atoms with van der Waals surface area (Å²) >= 11 is 0. The van der Waals surface area contributed by atoms with Crippen LogP contribution in [0.5, 0.6) is 0 Å². The van der Waals surface area contributed by atoms with Gasteiger partial charge in [-0.1, -0.05) is 27.4 Å². The zero-order valence-electron chi connectivity index (χ0n) is 10.4. The molecule has 2 heteroatoms. The van der Waals surface area contributed by atoms with E-state index in [2.05, 4.69) is 27.4 Å². The molecule has 1 saturated heterocycles. The van der Waals surface area contributed by atoms with Crippen LogP contribution in [0.3, 0.4) is 0 Å². The smallest absolute Gasteiger partial charge is 0.334 e. The summed E-state index contributed by atoms with van der Waals surface area (Å²) in [4.78, 5) is 11.6. The maximum atomic E-state index is 11.6. The van der Waals surface area contributed by atoms with Crippen molar-refractivity contribution in [3.63, 3.8) is 0 Å². The summed E-state index contributed by atoms with van der Waals surface area (Å²) in [5.74, 6) is 0.542. The number of carbonyl (C=O) groups is 1. The van der Waals surface area contributed by atoms with Crippen LogP contribution in [0, 0.1) is 16.7 Å². The number of fused-ring (bicyclic) bond motifs is 3. The van der Waals surface area contributed by atoms with Gasteiger partial charge in [0.1, 0.15) is 5.60 Å². The molecule has 3 atom stereocenters. The molecule has 0 unspecified atom stereocenters. The van der Waals surface area contributed by atoms with Gasteiger partial charge in [-0.2, -0.15) is 0 Å². The van der Waals surface area contributed by atoms with Gasteiger partial charge >= 0.3 is 5.97 Å². The predicted octanol–water partition coefficient (Wildman–Crippen LogP) is 3.07. The molecule has 3 rings (SSSR count). The molecule has 2 saturated carbocycles. The van der Waals surface area contributed by atoms with Crippen molar-refractivity contribution >= 4 is 5.97 Å². The van der Waals surface area contributed by atoms with Gasteiger partial charge in [0.15, 0.2) is 0 Å². The lowest BCUT2D eigenvalue weighted by atomic mass is 9.63. The van der Waals surface area contributed by atoms with E-state index in [4.69, 9.17) is 4.74 Å². The lowest BCUT2D eigenvalue weighted by Crippen LogP contribution is -2.46. The maximum absolute atomic E-state index is 11.6. The molecule has 0 aromatic rings. The minimum Gasteiger partial charge on any atom is -0.455 e. The number of ether oxygens (including phenoxy) is 1. The molecule has 0 amide bonds. The van der Waals surface area contributed by atoms with Crippen LogP contribution in [0.25, 0.3) is 0 Å². The molecule has 0 radical (unpaired) electrons. The molecular formula is C14H20O2. The van der Waals surface area contributed by atoms with E-state index < -0.39 is 0 Å². The molecule has 0 N–H and O–H groups in total. The van der Waals surface area contributed by atoms with E-state index in [1.54, 1.807) is 0 Å². The van der Waals surface area contributed by atoms with Gasteiger partial charge in [0.2, 0.25) is 0 Å². The number of hydrogen-bond acceptors (Lipinski definition) is 2. The second-order valence-electron chi connectivity index (χ2n) is 6.66. The Hall–Kier alpha value is -0.790. The van der Waals surface area contributed by atoms with Crippen LogP contribution in [0.1, 0.15) is 46.5 Å². The highest BCUT2D eigenvalue weighted by Crippen LogP contribution is 2.73. The van der Waals surface area contributed by atoms with Crippen molar-refractivity contribution in [3.8, 4) is 0 Å². The molecule has 3 aliphatic rings. The number of esters is 1. The van der Waals surface area contributed by atoms with Crippen molar-refractivity contribution in [3.05, 3.63) is 12.2 Å². The topological polar surface area (TPSA) is 26.3 Å². The highest BCUT2D eigenvalue weighted by atomic mass is 16.6. The fourth-order valence-electron chi connectivity index (χ4n) is 4.52. The first-order valence-electron chi connectivity index (χ1n) is 6.24. The monoisotopic (exact) mass is 220 g/mol. The molecule has 16 heavy (non-hydrogen) atoms. The summed E-state index contributed by atoms with van der Waals surface area (Å²) in [6, 6.07) is 0. The van der Waals surface area contributed by atoms with Gasteiger partial charge in [-0.25, -0.2) is 4.79 Å². The molecule has 1 aliphatic heterocycles. The fraction of sp³-hybridized carbons (Fsp3) is 0.786. The number of carbonyl (C=O) groups excluding carboxylic acids is 1. The quantitative estimate of drug-likeness (QED) is 0.463. The largest absolute Gasteiger partial charge is 0.455 e. The minimum absolute atomic E-state index is 0.139. The van der Waals surface area contributed by atoms with Crippen molar-refractivity contribution < 1.29 is 9.53 Å². The van der Waals surface area contributed by atoms with E-state index in [-0.39, 0.29) is 22.4 Å². The van der Waals surface area contributed by atoms with Crippen molar-refractivity contribution in [2.45, 2.75) is 52.1 Å². The Balaban J connectivity index is 2.08. The third-order valence-electron chi connectivity index (χ3n) is 6.09. The molecule has 3 fully saturated rings. The van der Waals surface area contributed by atoms with Crippen LogP contribution < -0.4 is 0 Å². The minimum atomic E-state index is -0.229. The Morgan fingerprint density at radius 2 is 2.06 bits per heavy atom. The Bertz CT molecular complexity index is 378. The Morgan fingerprint density at radius 3 is 2.44 bits per heavy atom. The lowest BCUT2D eigenvalue weighted by Gasteiger charge is -2.44. The fourth-order valence-corrected chi connectivity index (χ4v) is 4.52. The second-order valence-corrected chi connectivity index (χ2v) is 6.66. The van der Waals surface area contributed by atoms with Crippen molar-refractivity contribution in [2.24, 2.45) is 16.7 Å². The zero-order chi connectivity index (χ0) is 11.8. The SMILES string of the molecule is C=C1C[C@@]2(C[C@@H]3CC[C@@]2(C)C3(C)C)OC1=O. The van der Waals surface area contributed by atoms with Gasteiger partial charge in [-0.3, -0.25) is 0 Å².